The Balaban J connectivity index is 2.18. The fraction of sp³-hybridized carbons (Fsp3) is 0.526. The molecule has 0 unspecified atom stereocenters. The second kappa shape index (κ2) is 9.11. The Hall–Kier alpha value is -1.72. The minimum Gasteiger partial charge on any atom is -0.490 e. The first-order valence-corrected chi connectivity index (χ1v) is 9.17. The molecule has 6 heteroatoms. The van der Waals surface area contributed by atoms with E-state index >= 15 is 0 Å². The lowest BCUT2D eigenvalue weighted by molar-refractivity contribution is 0.223. The zero-order chi connectivity index (χ0) is 18.4. The average Bonchev–Trinajstić information content (AvgIpc) is 2.97. The lowest BCUT2D eigenvalue weighted by atomic mass is 10.1. The third-order valence-corrected chi connectivity index (χ3v) is 4.29. The molecular weight excluding hydrogens is 338 g/mol. The van der Waals surface area contributed by atoms with Crippen LogP contribution in [0.1, 0.15) is 51.4 Å². The zero-order valence-electron chi connectivity index (χ0n) is 15.7. The summed E-state index contributed by atoms with van der Waals surface area (Å²) in [5.41, 5.74) is 2.14. The van der Waals surface area contributed by atoms with Crippen molar-refractivity contribution in [3.05, 3.63) is 40.7 Å². The summed E-state index contributed by atoms with van der Waals surface area (Å²) in [7, 11) is 1.96. The average molecular weight is 366 g/mol. The Morgan fingerprint density at radius 3 is 2.56 bits per heavy atom. The van der Waals surface area contributed by atoms with Crippen molar-refractivity contribution in [1.29, 1.82) is 0 Å². The number of hydrogen-bond acceptors (Lipinski definition) is 4. The minimum absolute atomic E-state index is 0.0635. The molecule has 0 saturated heterocycles. The first-order chi connectivity index (χ1) is 12.0. The number of nitrogens with zero attached hydrogens (tertiary/aromatic N) is 2. The third kappa shape index (κ3) is 5.13. The maximum absolute atomic E-state index is 6.47. The molecule has 0 radical (unpaired) electrons. The van der Waals surface area contributed by atoms with Gasteiger partial charge in [0.25, 0.3) is 0 Å². The van der Waals surface area contributed by atoms with Crippen LogP contribution in [0.3, 0.4) is 0 Å². The molecular formula is C19H28ClN3O2. The van der Waals surface area contributed by atoms with E-state index in [1.54, 1.807) is 0 Å². The fourth-order valence-electron chi connectivity index (χ4n) is 2.74. The summed E-state index contributed by atoms with van der Waals surface area (Å²) in [6.07, 6.45) is 2.84. The summed E-state index contributed by atoms with van der Waals surface area (Å²) in [6, 6.07) is 6.06. The number of aryl methyl sites for hydroxylation is 1. The normalized spacial score (nSPS) is 12.4. The Morgan fingerprint density at radius 1 is 1.24 bits per heavy atom. The van der Waals surface area contributed by atoms with Gasteiger partial charge in [0.2, 0.25) is 0 Å². The van der Waals surface area contributed by atoms with E-state index in [9.17, 15) is 0 Å². The maximum Gasteiger partial charge on any atom is 0.163 e. The molecule has 0 bridgehead atoms. The van der Waals surface area contributed by atoms with Gasteiger partial charge in [0, 0.05) is 36.9 Å². The van der Waals surface area contributed by atoms with Crippen molar-refractivity contribution in [2.24, 2.45) is 7.05 Å². The van der Waals surface area contributed by atoms with Gasteiger partial charge in [-0.25, -0.2) is 0 Å². The predicted molar refractivity (Wildman–Crippen MR) is 101 cm³/mol. The van der Waals surface area contributed by atoms with Gasteiger partial charge in [-0.3, -0.25) is 4.68 Å². The summed E-state index contributed by atoms with van der Waals surface area (Å²) in [5, 5.41) is 8.48. The predicted octanol–water partition coefficient (Wildman–Crippen LogP) is 4.50. The lowest BCUT2D eigenvalue weighted by Crippen LogP contribution is -2.22. The van der Waals surface area contributed by atoms with Crippen LogP contribution in [0, 0.1) is 0 Å². The van der Waals surface area contributed by atoms with Crippen LogP contribution in [-0.2, 0) is 13.6 Å². The van der Waals surface area contributed by atoms with Crippen molar-refractivity contribution in [3.8, 4) is 11.5 Å². The summed E-state index contributed by atoms with van der Waals surface area (Å²) < 4.78 is 13.4. The molecule has 0 aliphatic carbocycles. The number of hydrogen-bond donors (Lipinski definition) is 1. The van der Waals surface area contributed by atoms with Crippen LogP contribution >= 0.6 is 11.6 Å². The molecule has 2 aromatic rings. The largest absolute Gasteiger partial charge is 0.490 e. The number of aromatic nitrogens is 2. The molecule has 0 saturated carbocycles. The van der Waals surface area contributed by atoms with Gasteiger partial charge in [-0.1, -0.05) is 18.5 Å². The first-order valence-electron chi connectivity index (χ1n) is 8.79. The summed E-state index contributed by atoms with van der Waals surface area (Å²) in [4.78, 5) is 0. The summed E-state index contributed by atoms with van der Waals surface area (Å²) >= 11 is 6.47. The Labute approximate surface area is 155 Å². The molecule has 0 fully saturated rings. The van der Waals surface area contributed by atoms with E-state index in [0.717, 1.165) is 23.4 Å². The Kier molecular flexibility index (Phi) is 7.14. The number of ether oxygens (including phenoxy) is 2. The molecule has 1 atom stereocenters. The van der Waals surface area contributed by atoms with Crippen LogP contribution in [0.2, 0.25) is 5.02 Å². The van der Waals surface area contributed by atoms with E-state index in [2.05, 4.69) is 17.3 Å². The smallest absolute Gasteiger partial charge is 0.163 e. The molecule has 5 nitrogen and oxygen atoms in total. The van der Waals surface area contributed by atoms with Crippen molar-refractivity contribution in [1.82, 2.24) is 15.1 Å². The molecule has 0 amide bonds. The van der Waals surface area contributed by atoms with Crippen molar-refractivity contribution in [2.75, 3.05) is 6.61 Å². The maximum atomic E-state index is 6.47. The monoisotopic (exact) mass is 365 g/mol. The van der Waals surface area contributed by atoms with Gasteiger partial charge in [-0.05, 0) is 44.9 Å². The lowest BCUT2D eigenvalue weighted by Gasteiger charge is -2.20. The van der Waals surface area contributed by atoms with Gasteiger partial charge in [0.05, 0.1) is 18.4 Å². The van der Waals surface area contributed by atoms with E-state index in [4.69, 9.17) is 21.1 Å². The highest BCUT2D eigenvalue weighted by Crippen LogP contribution is 2.34. The quantitative estimate of drug-likeness (QED) is 0.710. The second-order valence-corrected chi connectivity index (χ2v) is 6.62. The van der Waals surface area contributed by atoms with Gasteiger partial charge in [-0.15, -0.1) is 0 Å². The highest BCUT2D eigenvalue weighted by molar-refractivity contribution is 6.31. The van der Waals surface area contributed by atoms with Crippen LogP contribution in [0.25, 0.3) is 0 Å². The third-order valence-electron chi connectivity index (χ3n) is 3.94. The van der Waals surface area contributed by atoms with Gasteiger partial charge in [0.15, 0.2) is 11.5 Å². The van der Waals surface area contributed by atoms with E-state index in [1.165, 1.54) is 0 Å². The molecule has 2 rings (SSSR count). The van der Waals surface area contributed by atoms with Crippen molar-refractivity contribution in [2.45, 2.75) is 52.8 Å². The van der Waals surface area contributed by atoms with Crippen molar-refractivity contribution in [3.63, 3.8) is 0 Å². The second-order valence-electron chi connectivity index (χ2n) is 6.21. The van der Waals surface area contributed by atoms with E-state index in [-0.39, 0.29) is 12.1 Å². The fourth-order valence-corrected chi connectivity index (χ4v) is 2.96. The Morgan fingerprint density at radius 2 is 2.00 bits per heavy atom. The van der Waals surface area contributed by atoms with Gasteiger partial charge in [0.1, 0.15) is 0 Å². The topological polar surface area (TPSA) is 48.3 Å². The molecule has 138 valence electrons. The van der Waals surface area contributed by atoms with Gasteiger partial charge in [-0.2, -0.15) is 5.10 Å². The number of rotatable bonds is 9. The number of nitrogens with one attached hydrogen (secondary N) is 1. The molecule has 0 spiro atoms. The highest BCUT2D eigenvalue weighted by Gasteiger charge is 2.16. The minimum atomic E-state index is 0.0635. The first kappa shape index (κ1) is 19.6. The van der Waals surface area contributed by atoms with E-state index < -0.39 is 0 Å². The molecule has 0 aliphatic heterocycles. The van der Waals surface area contributed by atoms with Crippen LogP contribution in [-0.4, -0.2) is 22.5 Å². The van der Waals surface area contributed by atoms with Gasteiger partial charge < -0.3 is 14.8 Å². The van der Waals surface area contributed by atoms with Crippen LogP contribution < -0.4 is 14.8 Å². The SMILES string of the molecule is CCOc1cc(CN[C@@H](CC)c2ccnn2C)c(Cl)cc1OC(C)C. The molecule has 1 heterocycles. The van der Waals surface area contributed by atoms with Crippen molar-refractivity contribution >= 4 is 11.6 Å². The number of halogens is 1. The zero-order valence-corrected chi connectivity index (χ0v) is 16.4. The van der Waals surface area contributed by atoms with E-state index in [1.807, 2.05) is 56.9 Å². The van der Waals surface area contributed by atoms with Gasteiger partial charge >= 0.3 is 0 Å². The standard InChI is InChI=1S/C19H28ClN3O2/c1-6-16(17-8-9-22-23(17)5)21-12-14-10-18(24-7-2)19(11-15(14)20)25-13(3)4/h8-11,13,16,21H,6-7,12H2,1-5H3/t16-/m0/s1. The molecule has 1 aromatic heterocycles. The number of benzene rings is 1. The van der Waals surface area contributed by atoms with Crippen molar-refractivity contribution < 1.29 is 9.47 Å². The summed E-state index contributed by atoms with van der Waals surface area (Å²) in [6.45, 7) is 9.30. The summed E-state index contributed by atoms with van der Waals surface area (Å²) in [5.74, 6) is 1.41. The Bertz CT molecular complexity index is 685. The molecule has 0 aliphatic rings. The van der Waals surface area contributed by atoms with Crippen LogP contribution in [0.15, 0.2) is 24.4 Å². The molecule has 1 aromatic carbocycles. The van der Waals surface area contributed by atoms with E-state index in [0.29, 0.717) is 23.9 Å². The molecule has 25 heavy (non-hydrogen) atoms. The van der Waals surface area contributed by atoms with Crippen LogP contribution in [0.5, 0.6) is 11.5 Å². The molecule has 1 N–H and O–H groups in total. The highest BCUT2D eigenvalue weighted by atomic mass is 35.5. The van der Waals surface area contributed by atoms with Crippen LogP contribution in [0.4, 0.5) is 0 Å².